The summed E-state index contributed by atoms with van der Waals surface area (Å²) in [7, 11) is 0. The minimum absolute atomic E-state index is 0.150. The maximum atomic E-state index is 9.78. The van der Waals surface area contributed by atoms with Crippen molar-refractivity contribution in [3.63, 3.8) is 0 Å². The average molecular weight is 411 g/mol. The molecule has 2 saturated carbocycles. The molecular formula is C26H38N2O2. The zero-order valence-electron chi connectivity index (χ0n) is 18.0. The van der Waals surface area contributed by atoms with Crippen molar-refractivity contribution in [2.75, 3.05) is 0 Å². The van der Waals surface area contributed by atoms with E-state index in [-0.39, 0.29) is 12.2 Å². The van der Waals surface area contributed by atoms with Crippen LogP contribution in [0.4, 0.5) is 0 Å². The Bertz CT molecular complexity index is 633. The Morgan fingerprint density at radius 3 is 1.30 bits per heavy atom. The second kappa shape index (κ2) is 12.9. The van der Waals surface area contributed by atoms with Gasteiger partial charge in [0, 0.05) is 25.2 Å². The van der Waals surface area contributed by atoms with Crippen molar-refractivity contribution in [1.29, 1.82) is 0 Å². The third-order valence-corrected chi connectivity index (χ3v) is 6.28. The molecule has 4 rings (SSSR count). The summed E-state index contributed by atoms with van der Waals surface area (Å²) in [6, 6.07) is 21.3. The van der Waals surface area contributed by atoms with Crippen molar-refractivity contribution in [3.05, 3.63) is 71.8 Å². The van der Waals surface area contributed by atoms with Gasteiger partial charge in [0.1, 0.15) is 0 Å². The predicted octanol–water partition coefficient (Wildman–Crippen LogP) is 4.16. The molecule has 4 heteroatoms. The molecule has 0 aliphatic heterocycles. The number of nitrogens with one attached hydrogen (secondary N) is 2. The summed E-state index contributed by atoms with van der Waals surface area (Å²) < 4.78 is 0. The molecule has 0 unspecified atom stereocenters. The lowest BCUT2D eigenvalue weighted by Gasteiger charge is -2.28. The van der Waals surface area contributed by atoms with Gasteiger partial charge in [-0.2, -0.15) is 0 Å². The van der Waals surface area contributed by atoms with Gasteiger partial charge in [0.2, 0.25) is 0 Å². The van der Waals surface area contributed by atoms with Gasteiger partial charge in [-0.25, -0.2) is 0 Å². The lowest BCUT2D eigenvalue weighted by atomic mass is 9.92. The molecule has 0 aromatic heterocycles. The number of rotatable bonds is 6. The van der Waals surface area contributed by atoms with Gasteiger partial charge in [0.15, 0.2) is 0 Å². The van der Waals surface area contributed by atoms with Crippen molar-refractivity contribution < 1.29 is 10.2 Å². The normalized spacial score (nSPS) is 26.5. The molecule has 0 radical (unpaired) electrons. The smallest absolute Gasteiger partial charge is 0.0693 e. The minimum Gasteiger partial charge on any atom is -0.392 e. The fourth-order valence-corrected chi connectivity index (χ4v) is 4.39. The molecule has 0 heterocycles. The molecule has 2 aliphatic rings. The van der Waals surface area contributed by atoms with E-state index in [1.54, 1.807) is 0 Å². The van der Waals surface area contributed by atoms with Crippen LogP contribution in [-0.2, 0) is 13.1 Å². The van der Waals surface area contributed by atoms with Crippen LogP contribution >= 0.6 is 0 Å². The summed E-state index contributed by atoms with van der Waals surface area (Å²) in [4.78, 5) is 0. The highest BCUT2D eigenvalue weighted by atomic mass is 16.3. The zero-order chi connectivity index (χ0) is 21.0. The van der Waals surface area contributed by atoms with Crippen LogP contribution < -0.4 is 10.6 Å². The lowest BCUT2D eigenvalue weighted by molar-refractivity contribution is 0.0901. The number of benzene rings is 2. The van der Waals surface area contributed by atoms with E-state index >= 15 is 0 Å². The van der Waals surface area contributed by atoms with E-state index < -0.39 is 0 Å². The highest BCUT2D eigenvalue weighted by Crippen LogP contribution is 2.19. The first-order valence-electron chi connectivity index (χ1n) is 11.6. The Labute approximate surface area is 181 Å². The molecule has 0 amide bonds. The Balaban J connectivity index is 0.000000171. The summed E-state index contributed by atoms with van der Waals surface area (Å²) in [6.45, 7) is 1.73. The largest absolute Gasteiger partial charge is 0.392 e. The van der Waals surface area contributed by atoms with E-state index in [0.29, 0.717) is 12.1 Å². The highest BCUT2D eigenvalue weighted by molar-refractivity contribution is 5.15. The standard InChI is InChI=1S/2C13H19NO/c2*15-13-9-5-4-8-12(13)14-10-11-6-2-1-3-7-11/h2*1-3,6-7,12-15H,4-5,8-10H2/t2*12-,13-/m10/s1. The van der Waals surface area contributed by atoms with Crippen LogP contribution in [0.3, 0.4) is 0 Å². The molecule has 0 bridgehead atoms. The van der Waals surface area contributed by atoms with Crippen molar-refractivity contribution >= 4 is 0 Å². The molecule has 4 atom stereocenters. The highest BCUT2D eigenvalue weighted by Gasteiger charge is 2.22. The first-order valence-corrected chi connectivity index (χ1v) is 11.6. The van der Waals surface area contributed by atoms with Gasteiger partial charge in [0.05, 0.1) is 12.2 Å². The Morgan fingerprint density at radius 2 is 0.933 bits per heavy atom. The number of hydrogen-bond acceptors (Lipinski definition) is 4. The molecule has 0 spiro atoms. The van der Waals surface area contributed by atoms with E-state index in [2.05, 4.69) is 34.9 Å². The van der Waals surface area contributed by atoms with Crippen LogP contribution in [0.1, 0.15) is 62.5 Å². The Morgan fingerprint density at radius 1 is 0.567 bits per heavy atom. The third-order valence-electron chi connectivity index (χ3n) is 6.28. The summed E-state index contributed by atoms with van der Waals surface area (Å²) in [6.07, 6.45) is 8.63. The van der Waals surface area contributed by atoms with Gasteiger partial charge >= 0.3 is 0 Å². The molecular weight excluding hydrogens is 372 g/mol. The molecule has 2 aliphatic carbocycles. The monoisotopic (exact) mass is 410 g/mol. The van der Waals surface area contributed by atoms with E-state index in [9.17, 15) is 10.2 Å². The van der Waals surface area contributed by atoms with Crippen LogP contribution in [0, 0.1) is 0 Å². The van der Waals surface area contributed by atoms with E-state index in [1.807, 2.05) is 36.4 Å². The van der Waals surface area contributed by atoms with Gasteiger partial charge in [0.25, 0.3) is 0 Å². The number of aliphatic hydroxyl groups excluding tert-OH is 2. The maximum absolute atomic E-state index is 9.78. The molecule has 2 aromatic rings. The summed E-state index contributed by atoms with van der Waals surface area (Å²) in [5.41, 5.74) is 2.57. The van der Waals surface area contributed by atoms with E-state index in [4.69, 9.17) is 0 Å². The summed E-state index contributed by atoms with van der Waals surface area (Å²) >= 11 is 0. The first kappa shape index (κ1) is 23.0. The Hall–Kier alpha value is -1.72. The second-order valence-electron chi connectivity index (χ2n) is 8.65. The molecule has 2 aromatic carbocycles. The van der Waals surface area contributed by atoms with Gasteiger partial charge in [-0.05, 0) is 36.8 Å². The number of hydrogen-bond donors (Lipinski definition) is 4. The fourth-order valence-electron chi connectivity index (χ4n) is 4.39. The average Bonchev–Trinajstić information content (AvgIpc) is 2.80. The molecule has 0 saturated heterocycles. The first-order chi connectivity index (χ1) is 14.7. The van der Waals surface area contributed by atoms with Crippen LogP contribution in [0.2, 0.25) is 0 Å². The van der Waals surface area contributed by atoms with Gasteiger partial charge in [-0.3, -0.25) is 0 Å². The molecule has 164 valence electrons. The summed E-state index contributed by atoms with van der Waals surface area (Å²) in [5, 5.41) is 26.4. The van der Waals surface area contributed by atoms with E-state index in [1.165, 1.54) is 36.8 Å². The topological polar surface area (TPSA) is 64.5 Å². The SMILES string of the molecule is O[C@@H]1CCCC[C@H]1NCc1ccccc1.O[C@H]1CCCC[C@@H]1NCc1ccccc1. The predicted molar refractivity (Wildman–Crippen MR) is 123 cm³/mol. The van der Waals surface area contributed by atoms with Gasteiger partial charge < -0.3 is 20.8 Å². The Kier molecular flexibility index (Phi) is 9.84. The minimum atomic E-state index is -0.150. The van der Waals surface area contributed by atoms with Crippen molar-refractivity contribution in [2.24, 2.45) is 0 Å². The zero-order valence-corrected chi connectivity index (χ0v) is 18.0. The van der Waals surface area contributed by atoms with Crippen LogP contribution in [0.15, 0.2) is 60.7 Å². The van der Waals surface area contributed by atoms with Gasteiger partial charge in [-0.1, -0.05) is 86.3 Å². The molecule has 4 N–H and O–H groups in total. The third kappa shape index (κ3) is 7.84. The second-order valence-corrected chi connectivity index (χ2v) is 8.65. The maximum Gasteiger partial charge on any atom is 0.0693 e. The van der Waals surface area contributed by atoms with Crippen molar-refractivity contribution in [1.82, 2.24) is 10.6 Å². The van der Waals surface area contributed by atoms with Crippen LogP contribution in [0.25, 0.3) is 0 Å². The lowest BCUT2D eigenvalue weighted by Crippen LogP contribution is -2.41. The molecule has 2 fully saturated rings. The quantitative estimate of drug-likeness (QED) is 0.577. The summed E-state index contributed by atoms with van der Waals surface area (Å²) in [5.74, 6) is 0. The molecule has 30 heavy (non-hydrogen) atoms. The van der Waals surface area contributed by atoms with Gasteiger partial charge in [-0.15, -0.1) is 0 Å². The fraction of sp³-hybridized carbons (Fsp3) is 0.538. The van der Waals surface area contributed by atoms with E-state index in [0.717, 1.165) is 38.8 Å². The van der Waals surface area contributed by atoms with Crippen molar-refractivity contribution in [3.8, 4) is 0 Å². The number of aliphatic hydroxyl groups is 2. The van der Waals surface area contributed by atoms with Crippen molar-refractivity contribution in [2.45, 2.75) is 88.7 Å². The van der Waals surface area contributed by atoms with Crippen LogP contribution in [-0.4, -0.2) is 34.5 Å². The molecule has 4 nitrogen and oxygen atoms in total. The van der Waals surface area contributed by atoms with Crippen LogP contribution in [0.5, 0.6) is 0 Å².